The predicted molar refractivity (Wildman–Crippen MR) is 86.1 cm³/mol. The molecule has 0 spiro atoms. The molecule has 3 aromatic rings. The molecule has 1 amide bonds. The number of nitrogens with one attached hydrogen (secondary N) is 1. The lowest BCUT2D eigenvalue weighted by Gasteiger charge is -2.06. The summed E-state index contributed by atoms with van der Waals surface area (Å²) in [5.74, 6) is -0.131. The van der Waals surface area contributed by atoms with Crippen molar-refractivity contribution in [2.45, 2.75) is 20.4 Å². The molecule has 0 aliphatic carbocycles. The van der Waals surface area contributed by atoms with Gasteiger partial charge in [0.15, 0.2) is 0 Å². The maximum absolute atomic E-state index is 11.8. The second-order valence-corrected chi connectivity index (χ2v) is 5.83. The molecule has 6 heteroatoms. The van der Waals surface area contributed by atoms with Crippen LogP contribution in [0, 0.1) is 13.8 Å². The summed E-state index contributed by atoms with van der Waals surface area (Å²) >= 11 is 1.68. The smallest absolute Gasteiger partial charge is 0.254 e. The van der Waals surface area contributed by atoms with E-state index in [2.05, 4.69) is 34.2 Å². The molecule has 3 heterocycles. The molecule has 0 aliphatic heterocycles. The number of aryl methyl sites for hydroxylation is 1. The Labute approximate surface area is 132 Å². The summed E-state index contributed by atoms with van der Waals surface area (Å²) in [6.07, 6.45) is 2.93. The van der Waals surface area contributed by atoms with E-state index in [0.29, 0.717) is 18.7 Å². The fourth-order valence-corrected chi connectivity index (χ4v) is 3.16. The number of carbonyl (C=O) groups is 1. The average molecular weight is 315 g/mol. The van der Waals surface area contributed by atoms with E-state index in [4.69, 9.17) is 4.42 Å². The van der Waals surface area contributed by atoms with Crippen molar-refractivity contribution in [1.82, 2.24) is 15.1 Å². The molecule has 3 aromatic heterocycles. The van der Waals surface area contributed by atoms with Crippen LogP contribution in [0.3, 0.4) is 0 Å². The van der Waals surface area contributed by atoms with Gasteiger partial charge in [-0.15, -0.1) is 0 Å². The first-order valence-electron chi connectivity index (χ1n) is 7.04. The van der Waals surface area contributed by atoms with Gasteiger partial charge in [-0.05, 0) is 42.3 Å². The van der Waals surface area contributed by atoms with Crippen LogP contribution in [-0.2, 0) is 6.54 Å². The minimum Gasteiger partial charge on any atom is -0.472 e. The Morgan fingerprint density at radius 1 is 1.41 bits per heavy atom. The van der Waals surface area contributed by atoms with Crippen molar-refractivity contribution in [2.24, 2.45) is 0 Å². The van der Waals surface area contributed by atoms with Crippen molar-refractivity contribution >= 4 is 17.2 Å². The molecule has 5 nitrogen and oxygen atoms in total. The Morgan fingerprint density at radius 3 is 2.95 bits per heavy atom. The Morgan fingerprint density at radius 2 is 2.27 bits per heavy atom. The van der Waals surface area contributed by atoms with Crippen LogP contribution in [0.15, 0.2) is 39.8 Å². The maximum atomic E-state index is 11.8. The van der Waals surface area contributed by atoms with Gasteiger partial charge in [0.05, 0.1) is 24.1 Å². The average Bonchev–Trinajstić information content (AvgIpc) is 3.22. The van der Waals surface area contributed by atoms with E-state index in [0.717, 1.165) is 11.4 Å². The first kappa shape index (κ1) is 14.6. The molecular formula is C16H17N3O2S. The lowest BCUT2D eigenvalue weighted by molar-refractivity contribution is 0.0951. The van der Waals surface area contributed by atoms with Crippen molar-refractivity contribution in [1.29, 1.82) is 0 Å². The summed E-state index contributed by atoms with van der Waals surface area (Å²) < 4.78 is 6.84. The van der Waals surface area contributed by atoms with Gasteiger partial charge in [0.25, 0.3) is 5.91 Å². The molecule has 0 aromatic carbocycles. The molecule has 114 valence electrons. The topological polar surface area (TPSA) is 60.1 Å². The van der Waals surface area contributed by atoms with Crippen LogP contribution in [0.5, 0.6) is 0 Å². The van der Waals surface area contributed by atoms with E-state index in [1.807, 2.05) is 11.6 Å². The molecule has 0 aliphatic rings. The van der Waals surface area contributed by atoms with Crippen LogP contribution in [0.25, 0.3) is 11.1 Å². The van der Waals surface area contributed by atoms with E-state index in [-0.39, 0.29) is 5.91 Å². The lowest BCUT2D eigenvalue weighted by atomic mass is 10.1. The molecule has 0 atom stereocenters. The maximum Gasteiger partial charge on any atom is 0.254 e. The van der Waals surface area contributed by atoms with E-state index >= 15 is 0 Å². The number of rotatable bonds is 5. The Kier molecular flexibility index (Phi) is 4.11. The summed E-state index contributed by atoms with van der Waals surface area (Å²) in [5, 5.41) is 11.6. The number of hydrogen-bond acceptors (Lipinski definition) is 4. The normalized spacial score (nSPS) is 10.8. The van der Waals surface area contributed by atoms with Gasteiger partial charge in [-0.3, -0.25) is 9.48 Å². The zero-order valence-corrected chi connectivity index (χ0v) is 13.3. The number of furan rings is 1. The second-order valence-electron chi connectivity index (χ2n) is 5.05. The zero-order chi connectivity index (χ0) is 15.5. The third-order valence-electron chi connectivity index (χ3n) is 3.58. The number of aromatic nitrogens is 2. The minimum atomic E-state index is -0.131. The van der Waals surface area contributed by atoms with Crippen LogP contribution in [0.1, 0.15) is 21.7 Å². The van der Waals surface area contributed by atoms with Crippen molar-refractivity contribution in [3.63, 3.8) is 0 Å². The number of amides is 1. The molecule has 0 fully saturated rings. The van der Waals surface area contributed by atoms with Crippen LogP contribution in [-0.4, -0.2) is 22.2 Å². The molecular weight excluding hydrogens is 298 g/mol. The molecule has 1 N–H and O–H groups in total. The fourth-order valence-electron chi connectivity index (χ4n) is 2.51. The Bertz CT molecular complexity index is 758. The van der Waals surface area contributed by atoms with Crippen LogP contribution in [0.4, 0.5) is 0 Å². The van der Waals surface area contributed by atoms with E-state index in [9.17, 15) is 4.79 Å². The highest BCUT2D eigenvalue weighted by molar-refractivity contribution is 7.08. The third kappa shape index (κ3) is 2.82. The largest absolute Gasteiger partial charge is 0.472 e. The number of thiophene rings is 1. The third-order valence-corrected chi connectivity index (χ3v) is 4.27. The highest BCUT2D eigenvalue weighted by Gasteiger charge is 2.14. The summed E-state index contributed by atoms with van der Waals surface area (Å²) in [7, 11) is 0. The van der Waals surface area contributed by atoms with Gasteiger partial charge in [-0.25, -0.2) is 0 Å². The monoisotopic (exact) mass is 315 g/mol. The van der Waals surface area contributed by atoms with Crippen LogP contribution < -0.4 is 5.32 Å². The minimum absolute atomic E-state index is 0.131. The van der Waals surface area contributed by atoms with Gasteiger partial charge in [-0.2, -0.15) is 16.4 Å². The molecule has 0 saturated carbocycles. The van der Waals surface area contributed by atoms with Gasteiger partial charge < -0.3 is 9.73 Å². The number of hydrogen-bond donors (Lipinski definition) is 1. The quantitative estimate of drug-likeness (QED) is 0.786. The SMILES string of the molecule is Cc1nn(CCNC(=O)c2ccoc2)c(C)c1-c1ccsc1. The fraction of sp³-hybridized carbons (Fsp3) is 0.250. The first-order valence-corrected chi connectivity index (χ1v) is 7.98. The molecule has 0 bridgehead atoms. The van der Waals surface area contributed by atoms with Crippen molar-refractivity contribution in [2.75, 3.05) is 6.54 Å². The molecule has 0 saturated heterocycles. The summed E-state index contributed by atoms with van der Waals surface area (Å²) in [6, 6.07) is 3.75. The summed E-state index contributed by atoms with van der Waals surface area (Å²) in [5.41, 5.74) is 5.05. The number of nitrogens with zero attached hydrogens (tertiary/aromatic N) is 2. The molecule has 0 unspecified atom stereocenters. The van der Waals surface area contributed by atoms with Crippen LogP contribution >= 0.6 is 11.3 Å². The Hall–Kier alpha value is -2.34. The van der Waals surface area contributed by atoms with E-state index < -0.39 is 0 Å². The Balaban J connectivity index is 1.66. The van der Waals surface area contributed by atoms with Gasteiger partial charge in [0.1, 0.15) is 6.26 Å². The van der Waals surface area contributed by atoms with Crippen molar-refractivity contribution in [3.05, 3.63) is 52.4 Å². The zero-order valence-electron chi connectivity index (χ0n) is 12.5. The summed E-state index contributed by atoms with van der Waals surface area (Å²) in [4.78, 5) is 11.8. The lowest BCUT2D eigenvalue weighted by Crippen LogP contribution is -2.27. The van der Waals surface area contributed by atoms with Gasteiger partial charge in [-0.1, -0.05) is 0 Å². The van der Waals surface area contributed by atoms with E-state index in [1.165, 1.54) is 23.7 Å². The second kappa shape index (κ2) is 6.19. The van der Waals surface area contributed by atoms with Crippen LogP contribution in [0.2, 0.25) is 0 Å². The van der Waals surface area contributed by atoms with E-state index in [1.54, 1.807) is 17.4 Å². The highest BCUT2D eigenvalue weighted by Crippen LogP contribution is 2.28. The van der Waals surface area contributed by atoms with Crippen molar-refractivity contribution in [3.8, 4) is 11.1 Å². The first-order chi connectivity index (χ1) is 10.7. The molecule has 3 rings (SSSR count). The highest BCUT2D eigenvalue weighted by atomic mass is 32.1. The van der Waals surface area contributed by atoms with Crippen molar-refractivity contribution < 1.29 is 9.21 Å². The standard InChI is InChI=1S/C16H17N3O2S/c1-11-15(14-4-8-22-10-14)12(2)19(18-11)6-5-17-16(20)13-3-7-21-9-13/h3-4,7-10H,5-6H2,1-2H3,(H,17,20). The number of carbonyl (C=O) groups excluding carboxylic acids is 1. The summed E-state index contributed by atoms with van der Waals surface area (Å²) in [6.45, 7) is 5.24. The molecule has 0 radical (unpaired) electrons. The molecule has 22 heavy (non-hydrogen) atoms. The van der Waals surface area contributed by atoms with Gasteiger partial charge >= 0.3 is 0 Å². The van der Waals surface area contributed by atoms with Gasteiger partial charge in [0.2, 0.25) is 0 Å². The predicted octanol–water partition coefficient (Wildman–Crippen LogP) is 3.25. The van der Waals surface area contributed by atoms with Gasteiger partial charge in [0, 0.05) is 17.8 Å².